The third-order valence-corrected chi connectivity index (χ3v) is 10.2. The largest absolute Gasteiger partial charge is 0.504 e. The number of amides is 2. The fraction of sp³-hybridized carbons (Fsp3) is 0.222. The van der Waals surface area contributed by atoms with Crippen LogP contribution in [0.3, 0.4) is 0 Å². The van der Waals surface area contributed by atoms with E-state index in [1.165, 1.54) is 18.1 Å². The van der Waals surface area contributed by atoms with Gasteiger partial charge in [-0.25, -0.2) is 0 Å². The molecule has 4 aliphatic rings. The number of carbonyl (C=O) groups is 4. The highest BCUT2D eigenvalue weighted by atomic mass is 127. The Balaban J connectivity index is 1.27. The van der Waals surface area contributed by atoms with E-state index < -0.39 is 23.7 Å². The SMILES string of the molecule is COc1cc([C@H]2C3=CC[C@@H]4C(=O)N(c5ccc(Nc6ccccc6)cc5)C(=O)[C@@H]4[C@@H]3CC3=C2C(=O)C(C)=CC3=O)cc(I)c1O. The van der Waals surface area contributed by atoms with Gasteiger partial charge in [0.25, 0.3) is 0 Å². The Hall–Kier alpha value is -4.51. The Bertz CT molecular complexity index is 1890. The van der Waals surface area contributed by atoms with Gasteiger partial charge in [0.15, 0.2) is 23.1 Å². The van der Waals surface area contributed by atoms with Gasteiger partial charge in [-0.15, -0.1) is 0 Å². The van der Waals surface area contributed by atoms with Gasteiger partial charge in [0.2, 0.25) is 11.8 Å². The number of aromatic hydroxyl groups is 1. The summed E-state index contributed by atoms with van der Waals surface area (Å²) in [5.41, 5.74) is 4.91. The van der Waals surface area contributed by atoms with Crippen LogP contribution < -0.4 is 15.0 Å². The van der Waals surface area contributed by atoms with E-state index in [2.05, 4.69) is 5.32 Å². The number of methoxy groups -OCH3 is 1. The molecule has 0 spiro atoms. The lowest BCUT2D eigenvalue weighted by atomic mass is 9.59. The van der Waals surface area contributed by atoms with Gasteiger partial charge >= 0.3 is 0 Å². The van der Waals surface area contributed by atoms with Crippen LogP contribution in [-0.2, 0) is 19.2 Å². The number of imide groups is 1. The fourth-order valence-electron chi connectivity index (χ4n) is 7.29. The summed E-state index contributed by atoms with van der Waals surface area (Å²) in [4.78, 5) is 56.4. The van der Waals surface area contributed by atoms with Crippen molar-refractivity contribution in [2.45, 2.75) is 25.7 Å². The molecule has 0 aromatic heterocycles. The van der Waals surface area contributed by atoms with Crippen LogP contribution in [0.5, 0.6) is 11.5 Å². The summed E-state index contributed by atoms with van der Waals surface area (Å²) in [6.07, 6.45) is 3.90. The topological polar surface area (TPSA) is 113 Å². The number of ketones is 2. The van der Waals surface area contributed by atoms with Crippen LogP contribution in [0.15, 0.2) is 101 Å². The molecule has 3 aromatic rings. The summed E-state index contributed by atoms with van der Waals surface area (Å²) >= 11 is 2.01. The zero-order chi connectivity index (χ0) is 31.6. The van der Waals surface area contributed by atoms with Crippen LogP contribution in [-0.4, -0.2) is 35.6 Å². The third kappa shape index (κ3) is 4.72. The molecular formula is C36H29IN2O6. The number of nitrogens with one attached hydrogen (secondary N) is 1. The van der Waals surface area contributed by atoms with Crippen molar-refractivity contribution in [1.29, 1.82) is 0 Å². The molecule has 2 N–H and O–H groups in total. The van der Waals surface area contributed by atoms with E-state index in [9.17, 15) is 24.3 Å². The second kappa shape index (κ2) is 11.1. The highest BCUT2D eigenvalue weighted by molar-refractivity contribution is 14.1. The zero-order valence-electron chi connectivity index (χ0n) is 24.5. The Morgan fingerprint density at radius 1 is 0.933 bits per heavy atom. The van der Waals surface area contributed by atoms with Crippen molar-refractivity contribution < 1.29 is 29.0 Å². The lowest BCUT2D eigenvalue weighted by molar-refractivity contribution is -0.123. The molecule has 1 saturated heterocycles. The molecule has 0 bridgehead atoms. The molecule has 3 aromatic carbocycles. The lowest BCUT2D eigenvalue weighted by Crippen LogP contribution is -2.39. The maximum absolute atomic E-state index is 14.2. The molecule has 1 heterocycles. The number of nitrogens with zero attached hydrogens (tertiary/aromatic N) is 1. The van der Waals surface area contributed by atoms with Crippen molar-refractivity contribution >= 4 is 63.0 Å². The lowest BCUT2D eigenvalue weighted by Gasteiger charge is -2.42. The number of ether oxygens (including phenoxy) is 1. The highest BCUT2D eigenvalue weighted by Gasteiger charge is 2.56. The smallest absolute Gasteiger partial charge is 0.238 e. The normalized spacial score (nSPS) is 24.1. The summed E-state index contributed by atoms with van der Waals surface area (Å²) in [6, 6.07) is 20.4. The van der Waals surface area contributed by atoms with Crippen molar-refractivity contribution in [2.24, 2.45) is 17.8 Å². The molecule has 9 heteroatoms. The quantitative estimate of drug-likeness (QED) is 0.137. The molecule has 3 aliphatic carbocycles. The molecule has 0 unspecified atom stereocenters. The maximum Gasteiger partial charge on any atom is 0.238 e. The number of anilines is 3. The predicted molar refractivity (Wildman–Crippen MR) is 177 cm³/mol. The van der Waals surface area contributed by atoms with Crippen LogP contribution in [0.4, 0.5) is 17.1 Å². The molecule has 0 radical (unpaired) electrons. The van der Waals surface area contributed by atoms with Crippen LogP contribution in [0, 0.1) is 21.3 Å². The first-order valence-corrected chi connectivity index (χ1v) is 15.8. The number of para-hydroxylation sites is 1. The molecule has 1 aliphatic heterocycles. The summed E-state index contributed by atoms with van der Waals surface area (Å²) in [5.74, 6) is -3.10. The average Bonchev–Trinajstić information content (AvgIpc) is 3.30. The van der Waals surface area contributed by atoms with Gasteiger partial charge in [0.05, 0.1) is 28.2 Å². The van der Waals surface area contributed by atoms with E-state index >= 15 is 0 Å². The van der Waals surface area contributed by atoms with Crippen molar-refractivity contribution in [1.82, 2.24) is 0 Å². The minimum atomic E-state index is -0.677. The van der Waals surface area contributed by atoms with Gasteiger partial charge in [0, 0.05) is 34.0 Å². The van der Waals surface area contributed by atoms with Gasteiger partial charge in [-0.05, 0) is 108 Å². The van der Waals surface area contributed by atoms with E-state index in [4.69, 9.17) is 4.74 Å². The third-order valence-electron chi connectivity index (χ3n) is 9.36. The van der Waals surface area contributed by atoms with Crippen LogP contribution in [0.1, 0.15) is 31.2 Å². The minimum Gasteiger partial charge on any atom is -0.504 e. The molecule has 2 amide bonds. The molecule has 8 nitrogen and oxygen atoms in total. The summed E-state index contributed by atoms with van der Waals surface area (Å²) in [5, 5.41) is 13.9. The zero-order valence-corrected chi connectivity index (χ0v) is 26.7. The van der Waals surface area contributed by atoms with E-state index in [1.807, 2.05) is 71.1 Å². The Morgan fingerprint density at radius 2 is 1.64 bits per heavy atom. The molecule has 45 heavy (non-hydrogen) atoms. The Kier molecular flexibility index (Phi) is 7.23. The number of fused-ring (bicyclic) bond motifs is 3. The number of phenolic OH excluding ortho intramolecular Hbond substituents is 1. The van der Waals surface area contributed by atoms with Gasteiger partial charge in [-0.3, -0.25) is 24.1 Å². The van der Waals surface area contributed by atoms with Crippen molar-refractivity contribution in [2.75, 3.05) is 17.3 Å². The van der Waals surface area contributed by atoms with Crippen LogP contribution >= 0.6 is 22.6 Å². The number of allylic oxidation sites excluding steroid dienone is 6. The molecule has 0 saturated carbocycles. The number of hydrogen-bond donors (Lipinski definition) is 2. The molecule has 226 valence electrons. The van der Waals surface area contributed by atoms with Crippen molar-refractivity contribution in [3.63, 3.8) is 0 Å². The van der Waals surface area contributed by atoms with Crippen molar-refractivity contribution in [3.05, 3.63) is 110 Å². The van der Waals surface area contributed by atoms with Gasteiger partial charge in [0.1, 0.15) is 0 Å². The molecule has 1 fully saturated rings. The number of benzene rings is 3. The van der Waals surface area contributed by atoms with Gasteiger partial charge in [-0.1, -0.05) is 29.8 Å². The summed E-state index contributed by atoms with van der Waals surface area (Å²) in [6.45, 7) is 1.64. The summed E-state index contributed by atoms with van der Waals surface area (Å²) < 4.78 is 5.97. The van der Waals surface area contributed by atoms with Crippen LogP contribution in [0.25, 0.3) is 0 Å². The standard InChI is InChI=1S/C36H29IN2O6/c1-18-14-28(40)26-17-25-23(30(32(26)33(18)41)19-15-27(37)34(42)29(16-19)45-2)12-13-24-31(25)36(44)39(35(24)43)22-10-8-21(9-11-22)38-20-6-4-3-5-7-20/h3-12,14-16,24-25,30-31,38,42H,13,17H2,1-2H3/t24-,25+,30-,31-/m0/s1. The Morgan fingerprint density at radius 3 is 2.36 bits per heavy atom. The molecule has 7 rings (SSSR count). The molecular weight excluding hydrogens is 683 g/mol. The maximum atomic E-state index is 14.2. The minimum absolute atomic E-state index is 0.0135. The monoisotopic (exact) mass is 712 g/mol. The number of halogens is 1. The second-order valence-corrected chi connectivity index (χ2v) is 13.0. The van der Waals surface area contributed by atoms with E-state index in [0.717, 1.165) is 16.9 Å². The van der Waals surface area contributed by atoms with Gasteiger partial charge < -0.3 is 15.2 Å². The van der Waals surface area contributed by atoms with E-state index in [-0.39, 0.29) is 41.3 Å². The first-order valence-electron chi connectivity index (χ1n) is 14.7. The highest BCUT2D eigenvalue weighted by Crippen LogP contribution is 2.56. The average molecular weight is 713 g/mol. The van der Waals surface area contributed by atoms with Crippen LogP contribution in [0.2, 0.25) is 0 Å². The second-order valence-electron chi connectivity index (χ2n) is 11.8. The first-order chi connectivity index (χ1) is 21.7. The number of carbonyl (C=O) groups excluding carboxylic acids is 4. The number of hydrogen-bond acceptors (Lipinski definition) is 7. The van der Waals surface area contributed by atoms with E-state index in [0.29, 0.717) is 38.0 Å². The number of rotatable bonds is 5. The van der Waals surface area contributed by atoms with Crippen molar-refractivity contribution in [3.8, 4) is 11.5 Å². The van der Waals surface area contributed by atoms with E-state index in [1.54, 1.807) is 31.2 Å². The van der Waals surface area contributed by atoms with Gasteiger partial charge in [-0.2, -0.15) is 0 Å². The number of Topliss-reactive ketones (excluding diaryl/α,β-unsaturated/α-hetero) is 1. The predicted octanol–water partition coefficient (Wildman–Crippen LogP) is 6.38. The number of phenols is 1. The Labute approximate surface area is 273 Å². The first kappa shape index (κ1) is 29.2. The summed E-state index contributed by atoms with van der Waals surface area (Å²) in [7, 11) is 1.46. The molecule has 4 atom stereocenters. The fourth-order valence-corrected chi connectivity index (χ4v) is 7.92.